The van der Waals surface area contributed by atoms with Gasteiger partial charge in [-0.1, -0.05) is 23.7 Å². The molecule has 2 aromatic rings. The Kier molecular flexibility index (Phi) is 4.64. The van der Waals surface area contributed by atoms with E-state index in [1.165, 1.54) is 0 Å². The number of amides is 1. The molecule has 0 fully saturated rings. The standard InChI is InChI=1S/C16H16ClNO2/c1-11-9-13(5-8-15(11)20-2)16(19)18-10-12-3-6-14(17)7-4-12/h3-9H,10H2,1-2H3,(H,18,19). The van der Waals surface area contributed by atoms with Gasteiger partial charge in [0.1, 0.15) is 5.75 Å². The number of ether oxygens (including phenoxy) is 1. The van der Waals surface area contributed by atoms with Crippen molar-refractivity contribution in [2.24, 2.45) is 0 Å². The Hall–Kier alpha value is -2.00. The molecule has 0 aliphatic carbocycles. The predicted octanol–water partition coefficient (Wildman–Crippen LogP) is 3.59. The Morgan fingerprint density at radius 2 is 1.90 bits per heavy atom. The van der Waals surface area contributed by atoms with Crippen LogP contribution in [0.15, 0.2) is 42.5 Å². The number of hydrogen-bond acceptors (Lipinski definition) is 2. The number of aryl methyl sites for hydroxylation is 1. The first-order chi connectivity index (χ1) is 9.60. The predicted molar refractivity (Wildman–Crippen MR) is 80.4 cm³/mol. The molecular formula is C16H16ClNO2. The van der Waals surface area contributed by atoms with E-state index in [1.54, 1.807) is 31.4 Å². The Labute approximate surface area is 123 Å². The fraction of sp³-hybridized carbons (Fsp3) is 0.188. The van der Waals surface area contributed by atoms with Gasteiger partial charge in [0, 0.05) is 17.1 Å². The summed E-state index contributed by atoms with van der Waals surface area (Å²) >= 11 is 5.82. The quantitative estimate of drug-likeness (QED) is 0.934. The molecule has 0 spiro atoms. The van der Waals surface area contributed by atoms with Gasteiger partial charge >= 0.3 is 0 Å². The zero-order valence-corrected chi connectivity index (χ0v) is 12.2. The summed E-state index contributed by atoms with van der Waals surface area (Å²) in [6.07, 6.45) is 0. The highest BCUT2D eigenvalue weighted by atomic mass is 35.5. The number of methoxy groups -OCH3 is 1. The molecular weight excluding hydrogens is 274 g/mol. The maximum atomic E-state index is 12.1. The highest BCUT2D eigenvalue weighted by Crippen LogP contribution is 2.18. The van der Waals surface area contributed by atoms with E-state index in [9.17, 15) is 4.79 Å². The van der Waals surface area contributed by atoms with Gasteiger partial charge in [0.15, 0.2) is 0 Å². The zero-order valence-electron chi connectivity index (χ0n) is 11.4. The maximum absolute atomic E-state index is 12.1. The summed E-state index contributed by atoms with van der Waals surface area (Å²) in [6.45, 7) is 2.38. The Morgan fingerprint density at radius 1 is 1.20 bits per heavy atom. The molecule has 0 unspecified atom stereocenters. The normalized spacial score (nSPS) is 10.2. The fourth-order valence-corrected chi connectivity index (χ4v) is 2.03. The van der Waals surface area contributed by atoms with Crippen molar-refractivity contribution in [1.82, 2.24) is 5.32 Å². The van der Waals surface area contributed by atoms with Gasteiger partial charge in [0.25, 0.3) is 5.91 Å². The Balaban J connectivity index is 2.01. The van der Waals surface area contributed by atoms with Crippen molar-refractivity contribution in [1.29, 1.82) is 0 Å². The monoisotopic (exact) mass is 289 g/mol. The first kappa shape index (κ1) is 14.4. The summed E-state index contributed by atoms with van der Waals surface area (Å²) in [7, 11) is 1.61. The molecule has 0 saturated carbocycles. The SMILES string of the molecule is COc1ccc(C(=O)NCc2ccc(Cl)cc2)cc1C. The zero-order chi connectivity index (χ0) is 14.5. The Morgan fingerprint density at radius 3 is 2.50 bits per heavy atom. The van der Waals surface area contributed by atoms with E-state index in [4.69, 9.17) is 16.3 Å². The van der Waals surface area contributed by atoms with Crippen molar-refractivity contribution in [3.63, 3.8) is 0 Å². The number of carbonyl (C=O) groups is 1. The van der Waals surface area contributed by atoms with Crippen LogP contribution >= 0.6 is 11.6 Å². The third-order valence-electron chi connectivity index (χ3n) is 3.02. The number of hydrogen-bond donors (Lipinski definition) is 1. The van der Waals surface area contributed by atoms with E-state index in [0.717, 1.165) is 16.9 Å². The lowest BCUT2D eigenvalue weighted by Crippen LogP contribution is -2.22. The average molecular weight is 290 g/mol. The van der Waals surface area contributed by atoms with Crippen LogP contribution in [0.1, 0.15) is 21.5 Å². The molecule has 20 heavy (non-hydrogen) atoms. The summed E-state index contributed by atoms with van der Waals surface area (Å²) in [5.41, 5.74) is 2.57. The second-order valence-corrected chi connectivity index (χ2v) is 4.93. The van der Waals surface area contributed by atoms with Crippen LogP contribution in [0, 0.1) is 6.92 Å². The van der Waals surface area contributed by atoms with Crippen LogP contribution < -0.4 is 10.1 Å². The number of carbonyl (C=O) groups excluding carboxylic acids is 1. The Bertz CT molecular complexity index is 608. The van der Waals surface area contributed by atoms with Gasteiger partial charge in [0.2, 0.25) is 0 Å². The first-order valence-corrected chi connectivity index (χ1v) is 6.65. The van der Waals surface area contributed by atoms with E-state index >= 15 is 0 Å². The summed E-state index contributed by atoms with van der Waals surface area (Å²) in [5, 5.41) is 3.56. The molecule has 4 heteroatoms. The second-order valence-electron chi connectivity index (χ2n) is 4.49. The molecule has 0 aromatic heterocycles. The molecule has 2 aromatic carbocycles. The van der Waals surface area contributed by atoms with Gasteiger partial charge < -0.3 is 10.1 Å². The molecule has 1 amide bonds. The van der Waals surface area contributed by atoms with Crippen molar-refractivity contribution in [3.05, 3.63) is 64.2 Å². The largest absolute Gasteiger partial charge is 0.496 e. The van der Waals surface area contributed by atoms with Gasteiger partial charge in [-0.05, 0) is 48.4 Å². The van der Waals surface area contributed by atoms with E-state index < -0.39 is 0 Å². The molecule has 0 radical (unpaired) electrons. The molecule has 2 rings (SSSR count). The van der Waals surface area contributed by atoms with Gasteiger partial charge in [0.05, 0.1) is 7.11 Å². The van der Waals surface area contributed by atoms with Gasteiger partial charge in [-0.2, -0.15) is 0 Å². The summed E-state index contributed by atoms with van der Waals surface area (Å²) in [6, 6.07) is 12.8. The molecule has 0 aliphatic rings. The maximum Gasteiger partial charge on any atom is 0.251 e. The topological polar surface area (TPSA) is 38.3 Å². The minimum atomic E-state index is -0.106. The summed E-state index contributed by atoms with van der Waals surface area (Å²) in [5.74, 6) is 0.671. The van der Waals surface area contributed by atoms with Crippen LogP contribution in [0.2, 0.25) is 5.02 Å². The highest BCUT2D eigenvalue weighted by molar-refractivity contribution is 6.30. The number of nitrogens with one attached hydrogen (secondary N) is 1. The molecule has 104 valence electrons. The van der Waals surface area contributed by atoms with Gasteiger partial charge in [-0.25, -0.2) is 0 Å². The van der Waals surface area contributed by atoms with Crippen molar-refractivity contribution >= 4 is 17.5 Å². The van der Waals surface area contributed by atoms with Crippen LogP contribution in [0.5, 0.6) is 5.75 Å². The minimum Gasteiger partial charge on any atom is -0.496 e. The van der Waals surface area contributed by atoms with E-state index in [-0.39, 0.29) is 5.91 Å². The van der Waals surface area contributed by atoms with Crippen LogP contribution in [0.3, 0.4) is 0 Å². The summed E-state index contributed by atoms with van der Waals surface area (Å²) in [4.78, 5) is 12.1. The number of benzene rings is 2. The fourth-order valence-electron chi connectivity index (χ4n) is 1.91. The molecule has 1 N–H and O–H groups in total. The van der Waals surface area contributed by atoms with E-state index in [2.05, 4.69) is 5.32 Å². The van der Waals surface area contributed by atoms with Crippen molar-refractivity contribution < 1.29 is 9.53 Å². The lowest BCUT2D eigenvalue weighted by atomic mass is 10.1. The molecule has 0 heterocycles. The van der Waals surface area contributed by atoms with Crippen molar-refractivity contribution in [2.45, 2.75) is 13.5 Å². The lowest BCUT2D eigenvalue weighted by molar-refractivity contribution is 0.0951. The van der Waals surface area contributed by atoms with Crippen molar-refractivity contribution in [2.75, 3.05) is 7.11 Å². The van der Waals surface area contributed by atoms with E-state index in [1.807, 2.05) is 25.1 Å². The highest BCUT2D eigenvalue weighted by Gasteiger charge is 2.07. The second kappa shape index (κ2) is 6.44. The average Bonchev–Trinajstić information content (AvgIpc) is 2.46. The third kappa shape index (κ3) is 3.52. The van der Waals surface area contributed by atoms with Crippen LogP contribution in [0.25, 0.3) is 0 Å². The van der Waals surface area contributed by atoms with Crippen molar-refractivity contribution in [3.8, 4) is 5.75 Å². The molecule has 0 bridgehead atoms. The number of halogens is 1. The molecule has 0 atom stereocenters. The molecule has 0 aliphatic heterocycles. The van der Waals surface area contributed by atoms with Crippen LogP contribution in [-0.2, 0) is 6.54 Å². The van der Waals surface area contributed by atoms with Crippen LogP contribution in [0.4, 0.5) is 0 Å². The van der Waals surface area contributed by atoms with Gasteiger partial charge in [-0.3, -0.25) is 4.79 Å². The lowest BCUT2D eigenvalue weighted by Gasteiger charge is -2.08. The number of rotatable bonds is 4. The first-order valence-electron chi connectivity index (χ1n) is 6.27. The third-order valence-corrected chi connectivity index (χ3v) is 3.28. The summed E-state index contributed by atoms with van der Waals surface area (Å²) < 4.78 is 5.18. The minimum absolute atomic E-state index is 0.106. The van der Waals surface area contributed by atoms with Gasteiger partial charge in [-0.15, -0.1) is 0 Å². The molecule has 0 saturated heterocycles. The van der Waals surface area contributed by atoms with E-state index in [0.29, 0.717) is 17.1 Å². The smallest absolute Gasteiger partial charge is 0.251 e. The molecule has 3 nitrogen and oxygen atoms in total. The van der Waals surface area contributed by atoms with Crippen LogP contribution in [-0.4, -0.2) is 13.0 Å².